The first-order valence-electron chi connectivity index (χ1n) is 10.7. The first kappa shape index (κ1) is 23.1. The summed E-state index contributed by atoms with van der Waals surface area (Å²) in [7, 11) is 0. The number of hydrogen-bond donors (Lipinski definition) is 1. The molecule has 2 aromatic rings. The highest BCUT2D eigenvalue weighted by Gasteiger charge is 2.29. The van der Waals surface area contributed by atoms with Crippen LogP contribution in [-0.4, -0.2) is 35.4 Å². The standard InChI is InChI=1S/C24H28ClFN2O3/c1-17(24(30)27-20-10-3-2-4-11-20)28(15-18-8-5-6-13-22(18)26)23(29)16-31-21-12-7-9-19(25)14-21/h5-9,12-14,17,20H,2-4,10-11,15-16H2,1H3,(H,27,30). The SMILES string of the molecule is CC(C(=O)NC1CCCCC1)N(Cc1ccccc1F)C(=O)COc1cccc(Cl)c1. The van der Waals surface area contributed by atoms with Crippen molar-refractivity contribution in [2.24, 2.45) is 0 Å². The molecule has 1 fully saturated rings. The van der Waals surface area contributed by atoms with Crippen LogP contribution >= 0.6 is 11.6 Å². The molecule has 0 aliphatic heterocycles. The third-order valence-corrected chi connectivity index (χ3v) is 5.81. The number of carbonyl (C=O) groups is 2. The maximum absolute atomic E-state index is 14.3. The third-order valence-electron chi connectivity index (χ3n) is 5.58. The van der Waals surface area contributed by atoms with Crippen LogP contribution in [0.2, 0.25) is 5.02 Å². The van der Waals surface area contributed by atoms with Gasteiger partial charge in [0, 0.05) is 23.2 Å². The molecule has 1 N–H and O–H groups in total. The number of amides is 2. The normalized spacial score (nSPS) is 15.2. The number of carbonyl (C=O) groups excluding carboxylic acids is 2. The molecule has 0 spiro atoms. The second-order valence-corrected chi connectivity index (χ2v) is 8.32. The Labute approximate surface area is 187 Å². The maximum Gasteiger partial charge on any atom is 0.261 e. The van der Waals surface area contributed by atoms with Gasteiger partial charge in [-0.05, 0) is 44.0 Å². The van der Waals surface area contributed by atoms with Crippen LogP contribution in [0.15, 0.2) is 48.5 Å². The summed E-state index contributed by atoms with van der Waals surface area (Å²) < 4.78 is 19.8. The van der Waals surface area contributed by atoms with Gasteiger partial charge in [0.25, 0.3) is 5.91 Å². The average Bonchev–Trinajstić information content (AvgIpc) is 2.77. The summed E-state index contributed by atoms with van der Waals surface area (Å²) in [4.78, 5) is 27.3. The topological polar surface area (TPSA) is 58.6 Å². The van der Waals surface area contributed by atoms with Crippen molar-refractivity contribution in [3.8, 4) is 5.75 Å². The lowest BCUT2D eigenvalue weighted by Gasteiger charge is -2.31. The van der Waals surface area contributed by atoms with Gasteiger partial charge in [-0.1, -0.05) is 55.1 Å². The van der Waals surface area contributed by atoms with E-state index in [1.165, 1.54) is 17.4 Å². The number of hydrogen-bond acceptors (Lipinski definition) is 3. The molecule has 31 heavy (non-hydrogen) atoms. The fraction of sp³-hybridized carbons (Fsp3) is 0.417. The number of halogens is 2. The molecule has 2 aromatic carbocycles. The van der Waals surface area contributed by atoms with Gasteiger partial charge in [0.1, 0.15) is 17.6 Å². The van der Waals surface area contributed by atoms with E-state index in [1.807, 2.05) is 0 Å². The van der Waals surface area contributed by atoms with E-state index in [2.05, 4.69) is 5.32 Å². The van der Waals surface area contributed by atoms with Crippen molar-refractivity contribution in [3.63, 3.8) is 0 Å². The molecule has 7 heteroatoms. The number of benzene rings is 2. The highest BCUT2D eigenvalue weighted by Crippen LogP contribution is 2.20. The molecule has 0 saturated heterocycles. The zero-order valence-corrected chi connectivity index (χ0v) is 18.4. The summed E-state index contributed by atoms with van der Waals surface area (Å²) in [5, 5.41) is 3.54. The molecular weight excluding hydrogens is 419 g/mol. The second kappa shape index (κ2) is 11.1. The minimum Gasteiger partial charge on any atom is -0.484 e. The van der Waals surface area contributed by atoms with Gasteiger partial charge in [-0.3, -0.25) is 9.59 Å². The predicted molar refractivity (Wildman–Crippen MR) is 118 cm³/mol. The van der Waals surface area contributed by atoms with Crippen molar-refractivity contribution in [1.29, 1.82) is 0 Å². The number of rotatable bonds is 8. The van der Waals surface area contributed by atoms with Crippen LogP contribution in [0.3, 0.4) is 0 Å². The Hall–Kier alpha value is -2.60. The highest BCUT2D eigenvalue weighted by atomic mass is 35.5. The molecule has 5 nitrogen and oxygen atoms in total. The van der Waals surface area contributed by atoms with E-state index in [-0.39, 0.29) is 25.1 Å². The van der Waals surface area contributed by atoms with Crippen LogP contribution in [0.5, 0.6) is 5.75 Å². The van der Waals surface area contributed by atoms with E-state index < -0.39 is 17.8 Å². The van der Waals surface area contributed by atoms with E-state index in [4.69, 9.17) is 16.3 Å². The lowest BCUT2D eigenvalue weighted by Crippen LogP contribution is -2.51. The van der Waals surface area contributed by atoms with Crippen molar-refractivity contribution in [3.05, 3.63) is 64.9 Å². The average molecular weight is 447 g/mol. The quantitative estimate of drug-likeness (QED) is 0.638. The van der Waals surface area contributed by atoms with Crippen LogP contribution in [-0.2, 0) is 16.1 Å². The minimum absolute atomic E-state index is 0.0241. The molecule has 0 radical (unpaired) electrons. The Morgan fingerprint density at radius 3 is 2.61 bits per heavy atom. The van der Waals surface area contributed by atoms with Gasteiger partial charge in [-0.25, -0.2) is 4.39 Å². The summed E-state index contributed by atoms with van der Waals surface area (Å²) in [6.45, 7) is 1.36. The van der Waals surface area contributed by atoms with Gasteiger partial charge < -0.3 is 15.0 Å². The summed E-state index contributed by atoms with van der Waals surface area (Å²) in [5.41, 5.74) is 0.343. The van der Waals surface area contributed by atoms with Crippen LogP contribution in [0.4, 0.5) is 4.39 Å². The van der Waals surface area contributed by atoms with Gasteiger partial charge in [0.15, 0.2) is 6.61 Å². The smallest absolute Gasteiger partial charge is 0.261 e. The monoisotopic (exact) mass is 446 g/mol. The van der Waals surface area contributed by atoms with E-state index in [0.29, 0.717) is 16.3 Å². The Morgan fingerprint density at radius 1 is 1.16 bits per heavy atom. The van der Waals surface area contributed by atoms with Gasteiger partial charge in [0.05, 0.1) is 0 Å². The lowest BCUT2D eigenvalue weighted by atomic mass is 9.95. The number of ether oxygens (including phenoxy) is 1. The third kappa shape index (κ3) is 6.69. The van der Waals surface area contributed by atoms with E-state index in [9.17, 15) is 14.0 Å². The Kier molecular flexibility index (Phi) is 8.29. The molecule has 3 rings (SSSR count). The molecule has 1 unspecified atom stereocenters. The molecule has 2 amide bonds. The molecule has 1 aliphatic carbocycles. The Morgan fingerprint density at radius 2 is 1.90 bits per heavy atom. The van der Waals surface area contributed by atoms with Crippen LogP contribution < -0.4 is 10.1 Å². The zero-order valence-electron chi connectivity index (χ0n) is 17.7. The summed E-state index contributed by atoms with van der Waals surface area (Å²) in [6.07, 6.45) is 5.24. The van der Waals surface area contributed by atoms with Crippen LogP contribution in [0, 0.1) is 5.82 Å². The van der Waals surface area contributed by atoms with Crippen molar-refractivity contribution < 1.29 is 18.7 Å². The predicted octanol–water partition coefficient (Wildman–Crippen LogP) is 4.72. The fourth-order valence-corrected chi connectivity index (χ4v) is 3.93. The summed E-state index contributed by atoms with van der Waals surface area (Å²) >= 11 is 5.96. The molecule has 0 bridgehead atoms. The van der Waals surface area contributed by atoms with Gasteiger partial charge >= 0.3 is 0 Å². The molecule has 166 valence electrons. The van der Waals surface area contributed by atoms with Crippen LogP contribution in [0.25, 0.3) is 0 Å². The van der Waals surface area contributed by atoms with Crippen molar-refractivity contribution in [1.82, 2.24) is 10.2 Å². The van der Waals surface area contributed by atoms with Crippen molar-refractivity contribution in [2.75, 3.05) is 6.61 Å². The van der Waals surface area contributed by atoms with Gasteiger partial charge in [-0.15, -0.1) is 0 Å². The Balaban J connectivity index is 1.72. The number of nitrogens with zero attached hydrogens (tertiary/aromatic N) is 1. The fourth-order valence-electron chi connectivity index (χ4n) is 3.75. The van der Waals surface area contributed by atoms with E-state index in [1.54, 1.807) is 49.4 Å². The van der Waals surface area contributed by atoms with E-state index >= 15 is 0 Å². The van der Waals surface area contributed by atoms with E-state index in [0.717, 1.165) is 25.7 Å². The molecular formula is C24H28ClFN2O3. The second-order valence-electron chi connectivity index (χ2n) is 7.88. The lowest BCUT2D eigenvalue weighted by molar-refractivity contribution is -0.142. The molecule has 1 aliphatic rings. The molecule has 0 aromatic heterocycles. The van der Waals surface area contributed by atoms with Crippen molar-refractivity contribution in [2.45, 2.75) is 57.7 Å². The molecule has 0 heterocycles. The summed E-state index contributed by atoms with van der Waals surface area (Å²) in [6, 6.07) is 12.3. The first-order chi connectivity index (χ1) is 14.9. The highest BCUT2D eigenvalue weighted by molar-refractivity contribution is 6.30. The summed E-state index contributed by atoms with van der Waals surface area (Å²) in [5.74, 6) is -0.615. The first-order valence-corrected chi connectivity index (χ1v) is 11.0. The van der Waals surface area contributed by atoms with Gasteiger partial charge in [0.2, 0.25) is 5.91 Å². The molecule has 1 saturated carbocycles. The van der Waals surface area contributed by atoms with Gasteiger partial charge in [-0.2, -0.15) is 0 Å². The van der Waals surface area contributed by atoms with Crippen LogP contribution in [0.1, 0.15) is 44.6 Å². The number of nitrogens with one attached hydrogen (secondary N) is 1. The largest absolute Gasteiger partial charge is 0.484 e. The molecule has 1 atom stereocenters. The minimum atomic E-state index is -0.767. The Bertz CT molecular complexity index is 902. The zero-order chi connectivity index (χ0) is 22.2. The maximum atomic E-state index is 14.3. The van der Waals surface area contributed by atoms with Crippen molar-refractivity contribution >= 4 is 23.4 Å².